The van der Waals surface area contributed by atoms with Crippen molar-refractivity contribution in [2.75, 3.05) is 83.1 Å². The second kappa shape index (κ2) is 39.5. The van der Waals surface area contributed by atoms with Gasteiger partial charge in [0.1, 0.15) is 46.4 Å². The Morgan fingerprint density at radius 3 is 1.20 bits per heavy atom. The summed E-state index contributed by atoms with van der Waals surface area (Å²) in [6.45, 7) is 32.4. The molecule has 4 aliphatic rings. The Kier molecular flexibility index (Phi) is 29.1. The molecule has 5 aromatic heterocycles. The highest BCUT2D eigenvalue weighted by atomic mass is 79.9. The number of benzene rings is 6. The number of carbonyl (C=O) groups excluding carboxylic acids is 4. The predicted octanol–water partition coefficient (Wildman–Crippen LogP) is 16.4. The molecule has 11 aromatic rings. The molecule has 0 spiro atoms. The summed E-state index contributed by atoms with van der Waals surface area (Å²) in [5.74, 6) is -0.506. The van der Waals surface area contributed by atoms with E-state index in [-0.39, 0.29) is 34.7 Å². The lowest BCUT2D eigenvalue weighted by Crippen LogP contribution is -2.31. The second-order valence-electron chi connectivity index (χ2n) is 33.5. The normalized spacial score (nSPS) is 14.3. The molecule has 0 aliphatic carbocycles. The van der Waals surface area contributed by atoms with Gasteiger partial charge in [0, 0.05) is 147 Å². The lowest BCUT2D eigenvalue weighted by molar-refractivity contribution is -0.115. The molecule has 15 rings (SSSR count). The van der Waals surface area contributed by atoms with Crippen LogP contribution in [0.15, 0.2) is 183 Å². The molecule has 0 radical (unpaired) electrons. The van der Waals surface area contributed by atoms with Gasteiger partial charge in [-0.1, -0.05) is 172 Å². The minimum Gasteiger partial charge on any atom is -0.423 e. The molecule has 4 aliphatic heterocycles. The standard InChI is InChI=1S/C32H41N5O3Si.C27H28N4O2.C24H33BrN4O2Si.C8H10BNO3/c1-23-28(25-14-16-27(17-15-25)33-24(2)38)32(39)37-31(36(23)22-40-20-21-41(3,4)5)30(35-18-10-7-11-19-35)29(34-37)26-12-8-6-9-13-26;1-18-17-23-26(30-15-7-4-8-16-30)25(21-9-5-3-6-10-21)29-31(23)27(33)24(18)20-11-13-22(14-12-20)28-19(2)32;1-18-20(25)24(30)29-23(28(18)17-31-15-16-32(2,3)4)22(27-13-9-6-10-14-27)21(26-29)19-11-7-5-8-12-19;1-6(11)10-8-4-2-7(3-5-8)9(12)13/h6,8-9,12-17H,7,10-11,18-22H2,1-5H3,(H,33,38);3,5-6,9-14H,4,7-8,15-17H2,1-2H3,(H,28,32);5,7-8,11-12H,6,9-10,13-17H2,1-4H3;2-5,12-13H,1H3,(H,10,11). The molecule has 0 bridgehead atoms. The number of rotatable bonds is 22. The largest absolute Gasteiger partial charge is 0.488 e. The lowest BCUT2D eigenvalue weighted by atomic mass is 9.80. The topological polar surface area (TPSA) is 269 Å². The van der Waals surface area contributed by atoms with Crippen LogP contribution < -0.4 is 47.2 Å². The van der Waals surface area contributed by atoms with Gasteiger partial charge in [0.05, 0.1) is 16.9 Å². The number of nitrogens with one attached hydrogen (secondary N) is 3. The average Bonchev–Trinajstić information content (AvgIpc) is 1.52. The Hall–Kier alpha value is -10.6. The SMILES string of the molecule is CC(=O)Nc1ccc(-c2c(C)n(COCC[Si](C)(C)C)c3c(N4CCCCC4)c(-c4ccccc4)nn3c2=O)cc1.CC(=O)Nc1ccc(B(O)O)cc1.CC(=O)Nc1ccc(C2=C(C)Cc3c(N4CCCCC4)c(-c4ccccc4)nn3C2=O)cc1.Cc1c(Br)c(=O)n2nc(-c3ccccc3)c(N3CCCCC3)c2n1COCC[Si](C)(C)C. The van der Waals surface area contributed by atoms with E-state index in [1.54, 1.807) is 25.8 Å². The van der Waals surface area contributed by atoms with E-state index >= 15 is 0 Å². The maximum absolute atomic E-state index is 14.3. The molecule has 119 heavy (non-hydrogen) atoms. The molecule has 0 saturated carbocycles. The molecule has 624 valence electrons. The molecule has 9 heterocycles. The fourth-order valence-electron chi connectivity index (χ4n) is 15.6. The smallest absolute Gasteiger partial charge is 0.423 e. The summed E-state index contributed by atoms with van der Waals surface area (Å²) in [7, 11) is -3.92. The van der Waals surface area contributed by atoms with Crippen LogP contribution in [0.4, 0.5) is 34.1 Å². The highest BCUT2D eigenvalue weighted by Gasteiger charge is 2.35. The number of allylic oxidation sites excluding steroid dienone is 2. The van der Waals surface area contributed by atoms with Crippen molar-refractivity contribution in [2.24, 2.45) is 0 Å². The minimum atomic E-state index is -1.47. The second-order valence-corrected chi connectivity index (χ2v) is 45.6. The molecule has 3 saturated heterocycles. The molecule has 24 nitrogen and oxygen atoms in total. The van der Waals surface area contributed by atoms with Crippen molar-refractivity contribution >= 4 is 119 Å². The summed E-state index contributed by atoms with van der Waals surface area (Å²) < 4.78 is 22.0. The minimum absolute atomic E-state index is 0.0959. The number of piperidine rings is 3. The number of hydrogen-bond acceptors (Lipinski definition) is 16. The van der Waals surface area contributed by atoms with Crippen molar-refractivity contribution in [3.8, 4) is 44.9 Å². The fourth-order valence-corrected chi connectivity index (χ4v) is 17.5. The number of fused-ring (bicyclic) bond motifs is 3. The van der Waals surface area contributed by atoms with Crippen LogP contribution in [0.2, 0.25) is 51.4 Å². The summed E-state index contributed by atoms with van der Waals surface area (Å²) in [5, 5.41) is 40.4. The molecular weight excluding hydrogens is 1600 g/mol. The number of aromatic nitrogens is 8. The molecule has 28 heteroatoms. The van der Waals surface area contributed by atoms with E-state index in [0.717, 1.165) is 192 Å². The zero-order valence-electron chi connectivity index (χ0n) is 70.7. The fraction of sp³-hybridized carbons (Fsp3) is 0.374. The van der Waals surface area contributed by atoms with Crippen molar-refractivity contribution in [1.29, 1.82) is 0 Å². The van der Waals surface area contributed by atoms with E-state index in [2.05, 4.69) is 131 Å². The van der Waals surface area contributed by atoms with Crippen LogP contribution in [0.3, 0.4) is 0 Å². The van der Waals surface area contributed by atoms with Crippen LogP contribution in [-0.2, 0) is 43.7 Å². The van der Waals surface area contributed by atoms with Crippen molar-refractivity contribution in [3.63, 3.8) is 0 Å². The summed E-state index contributed by atoms with van der Waals surface area (Å²) in [6.07, 6.45) is 11.2. The van der Waals surface area contributed by atoms with E-state index in [1.165, 1.54) is 52.2 Å². The van der Waals surface area contributed by atoms with Gasteiger partial charge in [-0.25, -0.2) is 0 Å². The van der Waals surface area contributed by atoms with Gasteiger partial charge in [0.2, 0.25) is 17.7 Å². The van der Waals surface area contributed by atoms with Crippen molar-refractivity contribution in [2.45, 2.75) is 171 Å². The Labute approximate surface area is 707 Å². The van der Waals surface area contributed by atoms with Gasteiger partial charge in [-0.2, -0.15) is 29.0 Å². The zero-order valence-corrected chi connectivity index (χ0v) is 74.3. The Morgan fingerprint density at radius 2 is 0.815 bits per heavy atom. The van der Waals surface area contributed by atoms with E-state index in [9.17, 15) is 28.8 Å². The van der Waals surface area contributed by atoms with Crippen LogP contribution >= 0.6 is 15.9 Å². The van der Waals surface area contributed by atoms with Gasteiger partial charge in [-0.15, -0.1) is 0 Å². The highest BCUT2D eigenvalue weighted by molar-refractivity contribution is 9.10. The number of anilines is 6. The van der Waals surface area contributed by atoms with E-state index in [1.807, 2.05) is 124 Å². The van der Waals surface area contributed by atoms with Gasteiger partial charge in [-0.05, 0) is 160 Å². The van der Waals surface area contributed by atoms with Gasteiger partial charge < -0.3 is 59.3 Å². The van der Waals surface area contributed by atoms with E-state index in [4.69, 9.17) is 34.8 Å². The Bertz CT molecular complexity index is 5550. The molecular formula is C91H112BBrN14O10Si2. The zero-order chi connectivity index (χ0) is 84.8. The van der Waals surface area contributed by atoms with E-state index in [0.29, 0.717) is 64.6 Å². The number of nitrogens with zero attached hydrogens (tertiary/aromatic N) is 11. The number of amides is 3. The quantitative estimate of drug-likeness (QED) is 0.0312. The Morgan fingerprint density at radius 1 is 0.454 bits per heavy atom. The van der Waals surface area contributed by atoms with Crippen LogP contribution in [0.1, 0.15) is 113 Å². The van der Waals surface area contributed by atoms with Gasteiger partial charge in [-0.3, -0.25) is 28.8 Å². The van der Waals surface area contributed by atoms with Crippen LogP contribution in [-0.4, -0.2) is 148 Å². The molecule has 3 amide bonds. The molecule has 5 N–H and O–H groups in total. The summed E-state index contributed by atoms with van der Waals surface area (Å²) in [5.41, 5.74) is 19.1. The van der Waals surface area contributed by atoms with Gasteiger partial charge in [0.15, 0.2) is 11.3 Å². The van der Waals surface area contributed by atoms with Crippen molar-refractivity contribution < 1.29 is 38.7 Å². The van der Waals surface area contributed by atoms with Gasteiger partial charge >= 0.3 is 7.12 Å². The summed E-state index contributed by atoms with van der Waals surface area (Å²) >= 11 is 3.52. The summed E-state index contributed by atoms with van der Waals surface area (Å²) in [4.78, 5) is 81.9. The monoisotopic (exact) mass is 1710 g/mol. The number of carbonyl (C=O) groups is 4. The molecule has 3 fully saturated rings. The average molecular weight is 1710 g/mol. The summed E-state index contributed by atoms with van der Waals surface area (Å²) in [6, 6.07) is 53.8. The third kappa shape index (κ3) is 21.5. The Balaban J connectivity index is 0.000000153. The molecule has 0 atom stereocenters. The first-order valence-electron chi connectivity index (χ1n) is 41.4. The maximum Gasteiger partial charge on any atom is 0.488 e. The maximum atomic E-state index is 14.3. The van der Waals surface area contributed by atoms with Crippen molar-refractivity contribution in [1.82, 2.24) is 38.1 Å². The first-order chi connectivity index (χ1) is 57.0. The molecule has 0 unspecified atom stereocenters. The third-order valence-electron chi connectivity index (χ3n) is 21.8. The number of ether oxygens (including phenoxy) is 2. The van der Waals surface area contributed by atoms with Crippen molar-refractivity contribution in [3.05, 3.63) is 217 Å². The van der Waals surface area contributed by atoms with Crippen LogP contribution in [0, 0.1) is 13.8 Å². The predicted molar refractivity (Wildman–Crippen MR) is 489 cm³/mol. The van der Waals surface area contributed by atoms with E-state index < -0.39 is 23.3 Å². The van der Waals surface area contributed by atoms with Crippen LogP contribution in [0.25, 0.3) is 61.8 Å². The number of hydrogen-bond donors (Lipinski definition) is 5. The van der Waals surface area contributed by atoms with Crippen LogP contribution in [0.5, 0.6) is 0 Å². The molecule has 6 aromatic carbocycles. The third-order valence-corrected chi connectivity index (χ3v) is 26.1. The lowest BCUT2D eigenvalue weighted by Gasteiger charge is -2.30. The van der Waals surface area contributed by atoms with Gasteiger partial charge in [0.25, 0.3) is 17.0 Å². The highest BCUT2D eigenvalue weighted by Crippen LogP contribution is 2.43. The first-order valence-corrected chi connectivity index (χ1v) is 49.6. The first kappa shape index (κ1) is 87.7. The number of halogens is 1.